The molecule has 0 aliphatic heterocycles. The van der Waals surface area contributed by atoms with Crippen molar-refractivity contribution in [1.29, 1.82) is 0 Å². The maximum Gasteiger partial charge on any atom is 0.148 e. The van der Waals surface area contributed by atoms with Crippen LogP contribution in [0.4, 0.5) is 0 Å². The molecule has 5 aromatic carbocycles. The summed E-state index contributed by atoms with van der Waals surface area (Å²) in [6.45, 7) is 12.4. The van der Waals surface area contributed by atoms with Crippen LogP contribution in [0, 0.1) is 57.3 Å². The summed E-state index contributed by atoms with van der Waals surface area (Å²) in [4.78, 5) is 9.67. The molecule has 1 fully saturated rings. The van der Waals surface area contributed by atoms with Crippen molar-refractivity contribution < 1.29 is 45.4 Å². The smallest absolute Gasteiger partial charge is 0.148 e. The van der Waals surface area contributed by atoms with Gasteiger partial charge in [0.05, 0.1) is 31.9 Å². The Kier molecular flexibility index (Phi) is 8.48. The van der Waals surface area contributed by atoms with E-state index in [0.717, 1.165) is 36.0 Å². The van der Waals surface area contributed by atoms with Crippen LogP contribution in [-0.4, -0.2) is 19.6 Å². The van der Waals surface area contributed by atoms with Crippen LogP contribution >= 0.6 is 0 Å². The minimum atomic E-state index is -2.99. The molecule has 1 saturated carbocycles. The van der Waals surface area contributed by atoms with Crippen LogP contribution in [0.5, 0.6) is 5.75 Å². The second-order valence-electron chi connectivity index (χ2n) is 18.3. The standard InChI is InChI=1S/C56H62N3O.Pt/c1-33(2)42-26-43(34(3)4)28-44(27-42)40-19-20-51(37(7)25-40)59-52-14-12-13-48(53(52)58-55(59)49-24-36(6)23-38(8)54(49)60)45-29-46(31-47(30-45)56(9,10)11)50-32-41(21-22-57-50)39-17-15-35(5)16-18-39;/h12-25,30-34,42-44,60H,26-28H2,1-11H3;/q-1;/i5D3,7D3,15D,16D,17D,18D,21D,22D,32D,33D;. The molecule has 318 valence electrons. The molecule has 5 heteroatoms. The number of rotatable bonds is 8. The Balaban J connectivity index is 0.00000820. The zero-order valence-electron chi connectivity index (χ0n) is 50.3. The molecule has 1 aliphatic carbocycles. The van der Waals surface area contributed by atoms with Gasteiger partial charge in [-0.25, -0.2) is 4.98 Å². The van der Waals surface area contributed by atoms with Crippen LogP contribution in [-0.2, 0) is 26.5 Å². The molecule has 8 rings (SSSR count). The SMILES string of the molecule is [2H]c1nc(-c2[c-]c(-c3cccc4c3nc(-c3cc(C)cc(C)c3O)n4-c3ccc(C4CC(C(C)C)CC(C([2H])(C)C)C4)cc3C([2H])([2H])[2H])cc(C(C)(C)C)c2)c([2H])c(-c2c([2H])c([2H])c(C([2H])([2H])[2H])c([2H])c2[2H])c1[2H].[Pt]. The van der Waals surface area contributed by atoms with E-state index in [9.17, 15) is 6.48 Å². The molecule has 1 N–H and O–H groups in total. The van der Waals surface area contributed by atoms with E-state index in [1.807, 2.05) is 90.1 Å². The normalized spacial score (nSPS) is 20.9. The van der Waals surface area contributed by atoms with Crippen molar-refractivity contribution in [2.75, 3.05) is 0 Å². The van der Waals surface area contributed by atoms with Gasteiger partial charge in [-0.05, 0) is 139 Å². The fourth-order valence-corrected chi connectivity index (χ4v) is 8.81. The van der Waals surface area contributed by atoms with Gasteiger partial charge in [-0.2, -0.15) is 0 Å². The fourth-order valence-electron chi connectivity index (χ4n) is 8.81. The van der Waals surface area contributed by atoms with Gasteiger partial charge in [0.25, 0.3) is 0 Å². The molecule has 0 amide bonds. The van der Waals surface area contributed by atoms with Crippen molar-refractivity contribution in [2.45, 2.75) is 107 Å². The number of nitrogens with zero attached hydrogens (tertiary/aromatic N) is 3. The molecule has 0 spiro atoms. The van der Waals surface area contributed by atoms with E-state index >= 15 is 0 Å². The Bertz CT molecular complexity index is 3360. The summed E-state index contributed by atoms with van der Waals surface area (Å²) in [5, 5.41) is 11.8. The molecular weight excluding hydrogens is 926 g/mol. The van der Waals surface area contributed by atoms with E-state index < -0.39 is 84.1 Å². The van der Waals surface area contributed by atoms with Crippen molar-refractivity contribution >= 4 is 11.0 Å². The van der Waals surface area contributed by atoms with Crippen LogP contribution in [0.25, 0.3) is 61.6 Å². The van der Waals surface area contributed by atoms with Gasteiger partial charge in [0.1, 0.15) is 11.6 Å². The van der Waals surface area contributed by atoms with E-state index in [4.69, 9.17) is 22.8 Å². The fraction of sp³-hybridized carbons (Fsp3) is 0.357. The maximum absolute atomic E-state index is 11.8. The topological polar surface area (TPSA) is 50.9 Å². The minimum absolute atomic E-state index is 0. The van der Waals surface area contributed by atoms with Crippen molar-refractivity contribution in [3.63, 3.8) is 0 Å². The summed E-state index contributed by atoms with van der Waals surface area (Å²) in [5.74, 6) is 0.487. The van der Waals surface area contributed by atoms with Crippen LogP contribution in [0.1, 0.15) is 126 Å². The summed E-state index contributed by atoms with van der Waals surface area (Å²) in [6.07, 6.45) is 1.94. The van der Waals surface area contributed by atoms with E-state index in [1.54, 1.807) is 23.6 Å². The first kappa shape index (κ1) is 29.5. The molecule has 7 aromatic rings. The average Bonchev–Trinajstić information content (AvgIpc) is 3.69. The number of aromatic hydroxyl groups is 1. The number of aromatic nitrogens is 3. The number of phenolic OH excluding ortho intramolecular Hbond substituents is 1. The van der Waals surface area contributed by atoms with Crippen LogP contribution in [0.15, 0.2) is 103 Å². The largest absolute Gasteiger partial charge is 0.507 e. The Morgan fingerprint density at radius 1 is 0.820 bits per heavy atom. The Morgan fingerprint density at radius 2 is 1.57 bits per heavy atom. The van der Waals surface area contributed by atoms with Gasteiger partial charge in [0, 0.05) is 42.5 Å². The van der Waals surface area contributed by atoms with Gasteiger partial charge in [-0.1, -0.05) is 126 Å². The Morgan fingerprint density at radius 3 is 2.28 bits per heavy atom. The van der Waals surface area contributed by atoms with Crippen LogP contribution in [0.2, 0.25) is 0 Å². The number of aryl methyl sites for hydroxylation is 3. The minimum Gasteiger partial charge on any atom is -0.507 e. The summed E-state index contributed by atoms with van der Waals surface area (Å²) < 4.78 is 124. The van der Waals surface area contributed by atoms with E-state index in [-0.39, 0.29) is 61.3 Å². The number of hydrogen-bond acceptors (Lipinski definition) is 3. The van der Waals surface area contributed by atoms with E-state index in [1.165, 1.54) is 0 Å². The number of hydrogen-bond donors (Lipinski definition) is 1. The molecule has 4 nitrogen and oxygen atoms in total. The van der Waals surface area contributed by atoms with E-state index in [0.29, 0.717) is 50.8 Å². The van der Waals surface area contributed by atoms with Gasteiger partial charge in [-0.3, -0.25) is 9.55 Å². The van der Waals surface area contributed by atoms with E-state index in [2.05, 4.69) is 24.9 Å². The van der Waals surface area contributed by atoms with Gasteiger partial charge in [0.2, 0.25) is 0 Å². The second-order valence-corrected chi connectivity index (χ2v) is 18.3. The number of fused-ring (bicyclic) bond motifs is 1. The molecule has 2 aromatic heterocycles. The van der Waals surface area contributed by atoms with Crippen LogP contribution < -0.4 is 0 Å². The second kappa shape index (κ2) is 17.5. The molecule has 0 saturated heterocycles. The number of pyridine rings is 1. The average molecular weight is 1000 g/mol. The van der Waals surface area contributed by atoms with Gasteiger partial charge < -0.3 is 5.11 Å². The third-order valence-corrected chi connectivity index (χ3v) is 12.4. The molecule has 0 bridgehead atoms. The molecule has 3 unspecified atom stereocenters. The molecular formula is C56H62N3OPt-. The van der Waals surface area contributed by atoms with Crippen LogP contribution in [0.3, 0.4) is 0 Å². The van der Waals surface area contributed by atoms with Gasteiger partial charge in [0.15, 0.2) is 0 Å². The van der Waals surface area contributed by atoms with Crippen molar-refractivity contribution in [2.24, 2.45) is 23.6 Å². The summed E-state index contributed by atoms with van der Waals surface area (Å²) in [6, 6.07) is 17.4. The zero-order chi connectivity index (χ0) is 54.6. The molecule has 3 atom stereocenters. The Hall–Kier alpha value is -4.79. The number of benzene rings is 5. The Labute approximate surface area is 398 Å². The summed E-state index contributed by atoms with van der Waals surface area (Å²) >= 11 is 0. The van der Waals surface area contributed by atoms with Gasteiger partial charge >= 0.3 is 0 Å². The molecule has 0 radical (unpaired) electrons. The van der Waals surface area contributed by atoms with Crippen molar-refractivity contribution in [3.05, 3.63) is 143 Å². The predicted octanol–water partition coefficient (Wildman–Crippen LogP) is 14.9. The maximum atomic E-state index is 11.8. The van der Waals surface area contributed by atoms with Gasteiger partial charge in [-0.15, -0.1) is 29.3 Å². The summed E-state index contributed by atoms with van der Waals surface area (Å²) in [7, 11) is 0. The third kappa shape index (κ3) is 8.94. The number of imidazole rings is 1. The number of para-hydroxylation sites is 1. The zero-order valence-corrected chi connectivity index (χ0v) is 38.6. The molecule has 61 heavy (non-hydrogen) atoms. The monoisotopic (exact) mass is 1000 g/mol. The first-order chi connectivity index (χ1) is 34.2. The van der Waals surface area contributed by atoms with Crippen molar-refractivity contribution in [1.82, 2.24) is 14.5 Å². The summed E-state index contributed by atoms with van der Waals surface area (Å²) in [5.41, 5.74) is 3.57. The molecule has 1 aliphatic rings. The predicted molar refractivity (Wildman–Crippen MR) is 252 cm³/mol. The number of phenols is 1. The molecule has 2 heterocycles. The third-order valence-electron chi connectivity index (χ3n) is 12.4. The first-order valence-electron chi connectivity index (χ1n) is 27.8. The van der Waals surface area contributed by atoms with Crippen molar-refractivity contribution in [3.8, 4) is 56.3 Å². The quantitative estimate of drug-likeness (QED) is 0.154. The first-order valence-corrected chi connectivity index (χ1v) is 20.8.